The molecule has 0 aromatic carbocycles. The van der Waals surface area contributed by atoms with E-state index in [1.165, 1.54) is 11.3 Å². The topological polar surface area (TPSA) is 147 Å². The lowest BCUT2D eigenvalue weighted by Crippen LogP contribution is -2.50. The fourth-order valence-electron chi connectivity index (χ4n) is 5.82. The molecule has 5 heterocycles. The maximum Gasteiger partial charge on any atom is 0.410 e. The molecular weight excluding hydrogens is 564 g/mol. The predicted molar refractivity (Wildman–Crippen MR) is 164 cm³/mol. The number of nitriles is 1. The largest absolute Gasteiger partial charge is 0.444 e. The summed E-state index contributed by atoms with van der Waals surface area (Å²) in [5.41, 5.74) is 9.63. The van der Waals surface area contributed by atoms with Crippen LogP contribution in [-0.2, 0) is 16.6 Å². The van der Waals surface area contributed by atoms with Gasteiger partial charge in [-0.05, 0) is 71.2 Å². The van der Waals surface area contributed by atoms with Gasteiger partial charge in [0.25, 0.3) is 0 Å². The summed E-state index contributed by atoms with van der Waals surface area (Å²) in [6.07, 6.45) is 5.74. The summed E-state index contributed by atoms with van der Waals surface area (Å²) in [5, 5.41) is 14.8. The van der Waals surface area contributed by atoms with E-state index in [9.17, 15) is 10.1 Å². The van der Waals surface area contributed by atoms with E-state index in [1.54, 1.807) is 17.3 Å². The molecule has 1 saturated heterocycles. The van der Waals surface area contributed by atoms with E-state index < -0.39 is 11.0 Å². The highest BCUT2D eigenvalue weighted by Crippen LogP contribution is 2.48. The van der Waals surface area contributed by atoms with Crippen LogP contribution >= 0.6 is 11.3 Å². The van der Waals surface area contributed by atoms with Crippen LogP contribution in [0, 0.1) is 11.3 Å². The minimum absolute atomic E-state index is 0.300. The fourth-order valence-corrected chi connectivity index (χ4v) is 7.01. The van der Waals surface area contributed by atoms with Crippen LogP contribution in [0.3, 0.4) is 0 Å². The molecule has 4 aromatic rings. The predicted octanol–water partition coefficient (Wildman–Crippen LogP) is 5.41. The first-order valence-corrected chi connectivity index (χ1v) is 15.2. The summed E-state index contributed by atoms with van der Waals surface area (Å²) in [7, 11) is 0. The van der Waals surface area contributed by atoms with Crippen molar-refractivity contribution in [1.29, 1.82) is 5.26 Å². The number of nitrogens with two attached hydrogens (primary N) is 1. The molecule has 4 aromatic heterocycles. The van der Waals surface area contributed by atoms with Crippen molar-refractivity contribution in [2.24, 2.45) is 0 Å². The molecule has 1 atom stereocenters. The van der Waals surface area contributed by atoms with Crippen LogP contribution in [0.25, 0.3) is 22.8 Å². The van der Waals surface area contributed by atoms with Gasteiger partial charge in [-0.25, -0.2) is 9.78 Å². The van der Waals surface area contributed by atoms with Gasteiger partial charge in [-0.1, -0.05) is 5.16 Å². The third kappa shape index (κ3) is 5.52. The number of pyridine rings is 2. The van der Waals surface area contributed by atoms with E-state index in [1.807, 2.05) is 52.0 Å². The van der Waals surface area contributed by atoms with Crippen LogP contribution in [0.15, 0.2) is 41.2 Å². The molecule has 11 nitrogen and oxygen atoms in total. The number of nitrogen functional groups attached to an aromatic ring is 1. The van der Waals surface area contributed by atoms with E-state index in [0.29, 0.717) is 54.2 Å². The molecule has 6 rings (SSSR count). The molecule has 1 fully saturated rings. The minimum Gasteiger partial charge on any atom is -0.444 e. The molecule has 12 heteroatoms. The van der Waals surface area contributed by atoms with Gasteiger partial charge >= 0.3 is 6.09 Å². The standard InChI is InChI=1S/C31H34N8O3S/c1-30(2,3)41-29(40)39-14-12-38(13-15-39)20-16-22(19-7-10-34-11-8-19)35-23(17-20)27-36-28(42-37-27)31(4)9-5-6-24-25(31)21(18-32)26(33)43-24/h7-8,10-11,16-17H,5-6,9,12-15,33H2,1-4H3. The number of carbonyl (C=O) groups excluding carboxylic acids is 1. The monoisotopic (exact) mass is 598 g/mol. The van der Waals surface area contributed by atoms with E-state index in [0.717, 1.165) is 46.6 Å². The van der Waals surface area contributed by atoms with Crippen molar-refractivity contribution in [3.05, 3.63) is 58.6 Å². The van der Waals surface area contributed by atoms with Gasteiger partial charge in [0.05, 0.1) is 16.7 Å². The number of thiophene rings is 1. The zero-order valence-electron chi connectivity index (χ0n) is 24.8. The highest BCUT2D eigenvalue weighted by atomic mass is 32.1. The van der Waals surface area contributed by atoms with Gasteiger partial charge < -0.3 is 24.8 Å². The first kappa shape index (κ1) is 28.6. The Morgan fingerprint density at radius 3 is 2.56 bits per heavy atom. The molecule has 0 bridgehead atoms. The Morgan fingerprint density at radius 1 is 1.14 bits per heavy atom. The number of amides is 1. The normalized spacial score (nSPS) is 18.7. The quantitative estimate of drug-likeness (QED) is 0.323. The van der Waals surface area contributed by atoms with Crippen LogP contribution in [0.4, 0.5) is 15.5 Å². The number of nitrogens with zero attached hydrogens (tertiary/aromatic N) is 7. The Kier molecular flexibility index (Phi) is 7.30. The number of aryl methyl sites for hydroxylation is 1. The molecule has 1 aliphatic heterocycles. The Labute approximate surface area is 254 Å². The minimum atomic E-state index is -0.623. The second kappa shape index (κ2) is 11.0. The number of hydrogen-bond donors (Lipinski definition) is 1. The Morgan fingerprint density at radius 2 is 1.86 bits per heavy atom. The number of piperazine rings is 1. The second-order valence-corrected chi connectivity index (χ2v) is 13.3. The van der Waals surface area contributed by atoms with Crippen molar-refractivity contribution in [3.63, 3.8) is 0 Å². The SMILES string of the molecule is CC(C)(C)OC(=O)N1CCN(c2cc(-c3ccncc3)nc(-c3noc(C4(C)CCCc5sc(N)c(C#N)c54)n3)c2)CC1. The first-order valence-electron chi connectivity index (χ1n) is 14.4. The molecule has 1 amide bonds. The molecule has 1 aliphatic carbocycles. The summed E-state index contributed by atoms with van der Waals surface area (Å²) in [4.78, 5) is 31.6. The van der Waals surface area contributed by atoms with Gasteiger partial charge in [0.1, 0.15) is 22.4 Å². The molecule has 2 N–H and O–H groups in total. The highest BCUT2D eigenvalue weighted by Gasteiger charge is 2.43. The molecule has 222 valence electrons. The van der Waals surface area contributed by atoms with Crippen molar-refractivity contribution in [1.82, 2.24) is 25.0 Å². The zero-order chi connectivity index (χ0) is 30.4. The number of anilines is 2. The lowest BCUT2D eigenvalue weighted by Gasteiger charge is -2.37. The van der Waals surface area contributed by atoms with Crippen molar-refractivity contribution in [2.45, 2.75) is 58.0 Å². The number of fused-ring (bicyclic) bond motifs is 1. The Bertz CT molecular complexity index is 1700. The van der Waals surface area contributed by atoms with Crippen LogP contribution in [0.1, 0.15) is 62.4 Å². The Balaban J connectivity index is 1.33. The van der Waals surface area contributed by atoms with Crippen molar-refractivity contribution in [2.75, 3.05) is 36.8 Å². The average Bonchev–Trinajstić information content (AvgIpc) is 3.62. The number of hydrogen-bond acceptors (Lipinski definition) is 11. The number of rotatable bonds is 4. The van der Waals surface area contributed by atoms with E-state index in [2.05, 4.69) is 21.1 Å². The summed E-state index contributed by atoms with van der Waals surface area (Å²) in [6, 6.07) is 10.1. The third-order valence-corrected chi connectivity index (χ3v) is 9.04. The lowest BCUT2D eigenvalue weighted by molar-refractivity contribution is 0.0240. The second-order valence-electron chi connectivity index (χ2n) is 12.1. The van der Waals surface area contributed by atoms with Crippen LogP contribution in [-0.4, -0.2) is 62.9 Å². The lowest BCUT2D eigenvalue weighted by atomic mass is 9.72. The fraction of sp³-hybridized carbons (Fsp3) is 0.419. The van der Waals surface area contributed by atoms with Gasteiger partial charge in [0.2, 0.25) is 11.7 Å². The maximum absolute atomic E-state index is 12.6. The molecule has 0 radical (unpaired) electrons. The molecule has 2 aliphatic rings. The van der Waals surface area contributed by atoms with Gasteiger partial charge in [-0.2, -0.15) is 10.2 Å². The summed E-state index contributed by atoms with van der Waals surface area (Å²) < 4.78 is 11.5. The molecule has 1 unspecified atom stereocenters. The van der Waals surface area contributed by atoms with Gasteiger partial charge in [-0.3, -0.25) is 4.98 Å². The number of carbonyl (C=O) groups is 1. The summed E-state index contributed by atoms with van der Waals surface area (Å²) in [5.74, 6) is 0.816. The highest BCUT2D eigenvalue weighted by molar-refractivity contribution is 7.16. The number of aromatic nitrogens is 4. The number of ether oxygens (including phenoxy) is 1. The van der Waals surface area contributed by atoms with Crippen LogP contribution < -0.4 is 10.6 Å². The van der Waals surface area contributed by atoms with Crippen molar-refractivity contribution in [3.8, 4) is 28.8 Å². The Hall–Kier alpha value is -4.50. The maximum atomic E-state index is 12.6. The first-order chi connectivity index (χ1) is 20.6. The smallest absolute Gasteiger partial charge is 0.410 e. The van der Waals surface area contributed by atoms with Gasteiger partial charge in [-0.15, -0.1) is 11.3 Å². The van der Waals surface area contributed by atoms with Crippen LogP contribution in [0.5, 0.6) is 0 Å². The average molecular weight is 599 g/mol. The molecule has 43 heavy (non-hydrogen) atoms. The van der Waals surface area contributed by atoms with E-state index >= 15 is 0 Å². The van der Waals surface area contributed by atoms with Crippen molar-refractivity contribution >= 4 is 28.1 Å². The molecule has 0 saturated carbocycles. The van der Waals surface area contributed by atoms with Crippen molar-refractivity contribution < 1.29 is 14.1 Å². The summed E-state index contributed by atoms with van der Waals surface area (Å²) in [6.45, 7) is 10.00. The van der Waals surface area contributed by atoms with Gasteiger partial charge in [0, 0.05) is 60.3 Å². The third-order valence-electron chi connectivity index (χ3n) is 7.96. The molecular formula is C31H34N8O3S. The molecule has 0 spiro atoms. The van der Waals surface area contributed by atoms with E-state index in [4.69, 9.17) is 25.0 Å². The van der Waals surface area contributed by atoms with Gasteiger partial charge in [0.15, 0.2) is 0 Å². The van der Waals surface area contributed by atoms with Crippen LogP contribution in [0.2, 0.25) is 0 Å². The zero-order valence-corrected chi connectivity index (χ0v) is 25.6. The summed E-state index contributed by atoms with van der Waals surface area (Å²) >= 11 is 1.47. The van der Waals surface area contributed by atoms with E-state index in [-0.39, 0.29) is 6.09 Å².